The number of rotatable bonds is 5. The second kappa shape index (κ2) is 8.78. The number of pyridine rings is 1. The third-order valence-corrected chi connectivity index (χ3v) is 5.67. The Morgan fingerprint density at radius 3 is 2.81 bits per heavy atom. The lowest BCUT2D eigenvalue weighted by molar-refractivity contribution is 0.0539. The molecule has 31 heavy (non-hydrogen) atoms. The first-order chi connectivity index (χ1) is 14.8. The number of halogens is 2. The minimum atomic E-state index is -0.998. The fourth-order valence-corrected chi connectivity index (χ4v) is 4.00. The number of aliphatic hydroxyl groups is 2. The summed E-state index contributed by atoms with van der Waals surface area (Å²) >= 11 is 0. The summed E-state index contributed by atoms with van der Waals surface area (Å²) < 4.78 is 28.2. The van der Waals surface area contributed by atoms with E-state index in [4.69, 9.17) is 0 Å². The van der Waals surface area contributed by atoms with E-state index in [1.807, 2.05) is 0 Å². The molecule has 2 aromatic heterocycles. The van der Waals surface area contributed by atoms with E-state index in [1.54, 1.807) is 13.0 Å². The monoisotopic (exact) mass is 430 g/mol. The number of fused-ring (bicyclic) bond motifs is 1. The summed E-state index contributed by atoms with van der Waals surface area (Å²) in [5, 5.41) is 23.7. The Morgan fingerprint density at radius 2 is 2.06 bits per heavy atom. The molecule has 1 fully saturated rings. The topological polar surface area (TPSA) is 100 Å². The van der Waals surface area contributed by atoms with Gasteiger partial charge in [0.25, 0.3) is 5.56 Å². The van der Waals surface area contributed by atoms with Gasteiger partial charge >= 0.3 is 0 Å². The highest BCUT2D eigenvalue weighted by atomic mass is 19.2. The Kier molecular flexibility index (Phi) is 6.08. The van der Waals surface area contributed by atoms with E-state index in [-0.39, 0.29) is 18.1 Å². The molecule has 0 spiro atoms. The maximum absolute atomic E-state index is 13.7. The van der Waals surface area contributed by atoms with Crippen LogP contribution in [0.25, 0.3) is 22.3 Å². The second-order valence-corrected chi connectivity index (χ2v) is 8.01. The highest BCUT2D eigenvalue weighted by Gasteiger charge is 2.25. The average molecular weight is 430 g/mol. The molecule has 1 aliphatic rings. The Balaban J connectivity index is 1.64. The summed E-state index contributed by atoms with van der Waals surface area (Å²) in [6.45, 7) is 2.54. The molecule has 0 radical (unpaired) electrons. The van der Waals surface area contributed by atoms with E-state index in [2.05, 4.69) is 15.3 Å². The van der Waals surface area contributed by atoms with Crippen LogP contribution < -0.4 is 10.9 Å². The van der Waals surface area contributed by atoms with Gasteiger partial charge in [-0.15, -0.1) is 0 Å². The predicted molar refractivity (Wildman–Crippen MR) is 112 cm³/mol. The van der Waals surface area contributed by atoms with Gasteiger partial charge in [-0.1, -0.05) is 0 Å². The number of aryl methyl sites for hydroxylation is 1. The number of hydrogen-bond donors (Lipinski definition) is 3. The highest BCUT2D eigenvalue weighted by Crippen LogP contribution is 2.23. The van der Waals surface area contributed by atoms with Crippen molar-refractivity contribution in [3.8, 4) is 11.3 Å². The van der Waals surface area contributed by atoms with E-state index in [1.165, 1.54) is 17.0 Å². The number of hydrogen-bond acceptors (Lipinski definition) is 6. The standard InChI is InChI=1S/C22H24F2N4O3/c1-12-7-17(13-4-5-15(23)16(24)8-13)27-21-20(12)26-11-28(22(21)31)10-14(29)9-18-19(30)3-2-6-25-18/h4-5,7-8,11,14,18-19,25,29-30H,2-3,6,9-10H2,1H3/t14-,18+,19-/m0/s1. The molecular formula is C22H24F2N4O3. The van der Waals surface area contributed by atoms with Crippen LogP contribution in [-0.4, -0.2) is 49.5 Å². The van der Waals surface area contributed by atoms with Crippen LogP contribution in [0.3, 0.4) is 0 Å². The molecule has 1 saturated heterocycles. The van der Waals surface area contributed by atoms with E-state index >= 15 is 0 Å². The molecule has 4 rings (SSSR count). The largest absolute Gasteiger partial charge is 0.392 e. The molecule has 0 bridgehead atoms. The number of piperidine rings is 1. The first kappa shape index (κ1) is 21.5. The number of aliphatic hydroxyl groups excluding tert-OH is 2. The van der Waals surface area contributed by atoms with Gasteiger partial charge in [-0.3, -0.25) is 9.36 Å². The molecule has 7 nitrogen and oxygen atoms in total. The van der Waals surface area contributed by atoms with Gasteiger partial charge in [0.05, 0.1) is 36.3 Å². The van der Waals surface area contributed by atoms with Gasteiger partial charge in [-0.25, -0.2) is 18.7 Å². The lowest BCUT2D eigenvalue weighted by Gasteiger charge is -2.30. The zero-order chi connectivity index (χ0) is 22.1. The smallest absolute Gasteiger partial charge is 0.279 e. The van der Waals surface area contributed by atoms with Crippen molar-refractivity contribution in [2.45, 2.75) is 51.0 Å². The summed E-state index contributed by atoms with van der Waals surface area (Å²) in [4.78, 5) is 21.7. The minimum absolute atomic E-state index is 0.00278. The molecule has 3 aromatic rings. The highest BCUT2D eigenvalue weighted by molar-refractivity contribution is 5.80. The summed E-state index contributed by atoms with van der Waals surface area (Å²) in [7, 11) is 0. The lowest BCUT2D eigenvalue weighted by Crippen LogP contribution is -2.47. The van der Waals surface area contributed by atoms with Crippen LogP contribution in [0.5, 0.6) is 0 Å². The van der Waals surface area contributed by atoms with Crippen LogP contribution in [0.1, 0.15) is 24.8 Å². The molecule has 3 heterocycles. The SMILES string of the molecule is Cc1cc(-c2ccc(F)c(F)c2)nc2c(=O)n(C[C@@H](O)C[C@H]3NCCC[C@@H]3O)cnc12. The van der Waals surface area contributed by atoms with E-state index in [9.17, 15) is 23.8 Å². The zero-order valence-electron chi connectivity index (χ0n) is 17.1. The minimum Gasteiger partial charge on any atom is -0.392 e. The molecule has 9 heteroatoms. The van der Waals surface area contributed by atoms with Gasteiger partial charge in [-0.2, -0.15) is 0 Å². The Hall–Kier alpha value is -2.75. The van der Waals surface area contributed by atoms with Crippen molar-refractivity contribution >= 4 is 11.0 Å². The third kappa shape index (κ3) is 4.48. The molecule has 3 N–H and O–H groups in total. The van der Waals surface area contributed by atoms with E-state index in [0.717, 1.165) is 25.1 Å². The van der Waals surface area contributed by atoms with Crippen molar-refractivity contribution in [2.24, 2.45) is 0 Å². The van der Waals surface area contributed by atoms with Crippen LogP contribution in [0.15, 0.2) is 35.4 Å². The van der Waals surface area contributed by atoms with Crippen molar-refractivity contribution in [1.29, 1.82) is 0 Å². The van der Waals surface area contributed by atoms with Gasteiger partial charge in [0.15, 0.2) is 17.2 Å². The van der Waals surface area contributed by atoms with Crippen molar-refractivity contribution in [2.75, 3.05) is 6.54 Å². The molecule has 0 amide bonds. The molecule has 1 aromatic carbocycles. The maximum Gasteiger partial charge on any atom is 0.279 e. The summed E-state index contributed by atoms with van der Waals surface area (Å²) in [5.41, 5.74) is 1.40. The number of nitrogens with one attached hydrogen (secondary N) is 1. The summed E-state index contributed by atoms with van der Waals surface area (Å²) in [6, 6.07) is 4.87. The van der Waals surface area contributed by atoms with Gasteiger partial charge in [-0.05, 0) is 62.6 Å². The molecule has 0 aliphatic carbocycles. The fourth-order valence-electron chi connectivity index (χ4n) is 4.00. The van der Waals surface area contributed by atoms with Crippen LogP contribution in [-0.2, 0) is 6.54 Å². The van der Waals surface area contributed by atoms with Crippen molar-refractivity contribution < 1.29 is 19.0 Å². The molecule has 164 valence electrons. The van der Waals surface area contributed by atoms with Crippen LogP contribution in [0.4, 0.5) is 8.78 Å². The quantitative estimate of drug-likeness (QED) is 0.572. The van der Waals surface area contributed by atoms with Crippen molar-refractivity contribution in [3.05, 3.63) is 58.1 Å². The maximum atomic E-state index is 13.7. The first-order valence-electron chi connectivity index (χ1n) is 10.2. The van der Waals surface area contributed by atoms with Crippen LogP contribution >= 0.6 is 0 Å². The van der Waals surface area contributed by atoms with Crippen molar-refractivity contribution in [1.82, 2.24) is 19.9 Å². The zero-order valence-corrected chi connectivity index (χ0v) is 17.1. The average Bonchev–Trinajstić information content (AvgIpc) is 2.74. The Labute approximate surface area is 177 Å². The Bertz CT molecular complexity index is 1170. The Morgan fingerprint density at radius 1 is 1.26 bits per heavy atom. The third-order valence-electron chi connectivity index (χ3n) is 5.67. The fraction of sp³-hybridized carbons (Fsp3) is 0.409. The van der Waals surface area contributed by atoms with Crippen molar-refractivity contribution in [3.63, 3.8) is 0 Å². The molecule has 0 unspecified atom stereocenters. The van der Waals surface area contributed by atoms with Crippen LogP contribution in [0, 0.1) is 18.6 Å². The van der Waals surface area contributed by atoms with Gasteiger partial charge in [0, 0.05) is 11.6 Å². The number of benzene rings is 1. The lowest BCUT2D eigenvalue weighted by atomic mass is 9.96. The van der Waals surface area contributed by atoms with Gasteiger partial charge < -0.3 is 15.5 Å². The second-order valence-electron chi connectivity index (χ2n) is 8.01. The molecule has 1 aliphatic heterocycles. The van der Waals surface area contributed by atoms with Crippen LogP contribution in [0.2, 0.25) is 0 Å². The van der Waals surface area contributed by atoms with Gasteiger partial charge in [0.1, 0.15) is 0 Å². The molecule has 0 saturated carbocycles. The van der Waals surface area contributed by atoms with E-state index in [0.29, 0.717) is 35.2 Å². The summed E-state index contributed by atoms with van der Waals surface area (Å²) in [5.74, 6) is -1.96. The first-order valence-corrected chi connectivity index (χ1v) is 10.2. The number of aromatic nitrogens is 3. The summed E-state index contributed by atoms with van der Waals surface area (Å²) in [6.07, 6.45) is 1.83. The normalized spacial score (nSPS) is 20.2. The molecule has 3 atom stereocenters. The number of nitrogens with zero attached hydrogens (tertiary/aromatic N) is 3. The molecular weight excluding hydrogens is 406 g/mol. The van der Waals surface area contributed by atoms with E-state index < -0.39 is 29.4 Å². The van der Waals surface area contributed by atoms with Gasteiger partial charge in [0.2, 0.25) is 0 Å². The predicted octanol–water partition coefficient (Wildman–Crippen LogP) is 1.91.